The van der Waals surface area contributed by atoms with Crippen LogP contribution in [-0.2, 0) is 4.74 Å². The molecule has 0 fully saturated rings. The number of carbonyl (C=O) groups excluding carboxylic acids is 1. The van der Waals surface area contributed by atoms with Crippen LogP contribution in [0.2, 0.25) is 0 Å². The third-order valence-corrected chi connectivity index (χ3v) is 5.32. The lowest BCUT2D eigenvalue weighted by Gasteiger charge is -2.11. The fraction of sp³-hybridized carbons (Fsp3) is 0.174. The summed E-state index contributed by atoms with van der Waals surface area (Å²) in [4.78, 5) is 22.0. The van der Waals surface area contributed by atoms with E-state index in [9.17, 15) is 4.79 Å². The highest BCUT2D eigenvalue weighted by atomic mass is 32.1. The molecule has 0 aliphatic carbocycles. The molecule has 29 heavy (non-hydrogen) atoms. The number of nitrogens with one attached hydrogen (secondary N) is 1. The average Bonchev–Trinajstić information content (AvgIpc) is 3.13. The molecule has 1 N–H and O–H groups in total. The van der Waals surface area contributed by atoms with Gasteiger partial charge in [0, 0.05) is 16.6 Å². The molecule has 146 valence electrons. The maximum absolute atomic E-state index is 12.2. The Labute approximate surface area is 173 Å². The number of thiophene rings is 1. The number of carbonyl (C=O) groups is 1. The molecule has 0 saturated heterocycles. The third kappa shape index (κ3) is 4.12. The monoisotopic (exact) mass is 403 g/mol. The number of hydrogen-bond donors (Lipinski definition) is 1. The average molecular weight is 404 g/mol. The van der Waals surface area contributed by atoms with Crippen molar-refractivity contribution in [2.45, 2.75) is 26.9 Å². The number of ether oxygens (including phenoxy) is 1. The predicted octanol–water partition coefficient (Wildman–Crippen LogP) is 5.98. The van der Waals surface area contributed by atoms with Crippen LogP contribution < -0.4 is 5.32 Å². The van der Waals surface area contributed by atoms with Crippen molar-refractivity contribution in [3.63, 3.8) is 0 Å². The van der Waals surface area contributed by atoms with Gasteiger partial charge >= 0.3 is 5.97 Å². The number of hydrogen-bond acceptors (Lipinski definition) is 6. The molecule has 0 amide bonds. The van der Waals surface area contributed by atoms with E-state index in [0.29, 0.717) is 11.4 Å². The molecular weight excluding hydrogens is 382 g/mol. The first-order chi connectivity index (χ1) is 14.0. The van der Waals surface area contributed by atoms with Gasteiger partial charge in [0.2, 0.25) is 0 Å². The van der Waals surface area contributed by atoms with Crippen molar-refractivity contribution in [1.29, 1.82) is 0 Å². The second kappa shape index (κ2) is 8.01. The van der Waals surface area contributed by atoms with Crippen molar-refractivity contribution in [2.75, 3.05) is 5.32 Å². The molecule has 0 spiro atoms. The standard InChI is InChI=1S/C23H21N3O2S/c1-14(2)28-23(27)17-5-4-6-18(11-17)26-21-20-19(12-29-22(20)25-13-24-21)16-9-7-15(3)8-10-16/h4-14H,1-3H3,(H,24,25,26). The van der Waals surface area contributed by atoms with E-state index >= 15 is 0 Å². The molecule has 0 radical (unpaired) electrons. The molecule has 2 aromatic heterocycles. The summed E-state index contributed by atoms with van der Waals surface area (Å²) in [7, 11) is 0. The highest BCUT2D eigenvalue weighted by Crippen LogP contribution is 2.37. The Kier molecular flexibility index (Phi) is 5.27. The molecule has 4 aromatic rings. The largest absolute Gasteiger partial charge is 0.459 e. The maximum Gasteiger partial charge on any atom is 0.338 e. The summed E-state index contributed by atoms with van der Waals surface area (Å²) in [5.74, 6) is 0.369. The van der Waals surface area contributed by atoms with Crippen molar-refractivity contribution in [3.05, 3.63) is 71.4 Å². The molecule has 0 bridgehead atoms. The Balaban J connectivity index is 1.71. The Morgan fingerprint density at radius 2 is 1.90 bits per heavy atom. The van der Waals surface area contributed by atoms with E-state index in [4.69, 9.17) is 4.74 Å². The number of anilines is 2. The Morgan fingerprint density at radius 3 is 2.66 bits per heavy atom. The fourth-order valence-corrected chi connectivity index (χ4v) is 3.97. The maximum atomic E-state index is 12.2. The zero-order valence-corrected chi connectivity index (χ0v) is 17.3. The zero-order chi connectivity index (χ0) is 20.4. The number of rotatable bonds is 5. The molecule has 0 saturated carbocycles. The van der Waals surface area contributed by atoms with E-state index in [-0.39, 0.29) is 12.1 Å². The number of aromatic nitrogens is 2. The van der Waals surface area contributed by atoms with Crippen LogP contribution in [0.25, 0.3) is 21.3 Å². The number of benzene rings is 2. The van der Waals surface area contributed by atoms with Crippen LogP contribution in [0.4, 0.5) is 11.5 Å². The molecule has 0 aliphatic heterocycles. The summed E-state index contributed by atoms with van der Waals surface area (Å²) in [6, 6.07) is 15.7. The molecule has 4 rings (SSSR count). The Morgan fingerprint density at radius 1 is 1.10 bits per heavy atom. The topological polar surface area (TPSA) is 64.1 Å². The van der Waals surface area contributed by atoms with Gasteiger partial charge in [-0.3, -0.25) is 0 Å². The smallest absolute Gasteiger partial charge is 0.338 e. The highest BCUT2D eigenvalue weighted by Gasteiger charge is 2.14. The first-order valence-corrected chi connectivity index (χ1v) is 10.3. The molecule has 0 unspecified atom stereocenters. The highest BCUT2D eigenvalue weighted by molar-refractivity contribution is 7.17. The van der Waals surface area contributed by atoms with Crippen molar-refractivity contribution in [1.82, 2.24) is 9.97 Å². The van der Waals surface area contributed by atoms with Crippen molar-refractivity contribution in [2.24, 2.45) is 0 Å². The van der Waals surface area contributed by atoms with Gasteiger partial charge in [0.05, 0.1) is 17.1 Å². The van der Waals surface area contributed by atoms with Gasteiger partial charge in [0.1, 0.15) is 17.0 Å². The number of nitrogens with zero attached hydrogens (tertiary/aromatic N) is 2. The lowest BCUT2D eigenvalue weighted by Crippen LogP contribution is -2.11. The van der Waals surface area contributed by atoms with E-state index in [1.165, 1.54) is 5.56 Å². The van der Waals surface area contributed by atoms with Gasteiger partial charge in [-0.15, -0.1) is 11.3 Å². The number of esters is 1. The molecule has 2 aromatic carbocycles. The van der Waals surface area contributed by atoms with Gasteiger partial charge < -0.3 is 10.1 Å². The van der Waals surface area contributed by atoms with Gasteiger partial charge in [0.15, 0.2) is 0 Å². The summed E-state index contributed by atoms with van der Waals surface area (Å²) in [5.41, 5.74) is 4.69. The molecule has 2 heterocycles. The normalized spacial score (nSPS) is 11.0. The second-order valence-corrected chi connectivity index (χ2v) is 7.94. The van der Waals surface area contributed by atoms with E-state index in [1.807, 2.05) is 26.0 Å². The van der Waals surface area contributed by atoms with Crippen molar-refractivity contribution in [3.8, 4) is 11.1 Å². The zero-order valence-electron chi connectivity index (χ0n) is 16.5. The van der Waals surface area contributed by atoms with Crippen LogP contribution in [0.3, 0.4) is 0 Å². The summed E-state index contributed by atoms with van der Waals surface area (Å²) in [6.07, 6.45) is 1.39. The van der Waals surface area contributed by atoms with Gasteiger partial charge in [-0.2, -0.15) is 0 Å². The molecule has 0 atom stereocenters. The first-order valence-electron chi connectivity index (χ1n) is 9.38. The van der Waals surface area contributed by atoms with E-state index in [0.717, 1.165) is 27.0 Å². The summed E-state index contributed by atoms with van der Waals surface area (Å²) < 4.78 is 5.30. The minimum absolute atomic E-state index is 0.163. The molecule has 5 nitrogen and oxygen atoms in total. The van der Waals surface area contributed by atoms with E-state index < -0.39 is 0 Å². The number of aryl methyl sites for hydroxylation is 1. The van der Waals surface area contributed by atoms with Gasteiger partial charge in [-0.05, 0) is 44.5 Å². The minimum Gasteiger partial charge on any atom is -0.459 e. The molecular formula is C23H21N3O2S. The van der Waals surface area contributed by atoms with Crippen LogP contribution in [0.1, 0.15) is 29.8 Å². The van der Waals surface area contributed by atoms with Gasteiger partial charge in [-0.1, -0.05) is 35.9 Å². The third-order valence-electron chi connectivity index (χ3n) is 4.44. The van der Waals surface area contributed by atoms with E-state index in [2.05, 4.69) is 51.9 Å². The van der Waals surface area contributed by atoms with Gasteiger partial charge in [0.25, 0.3) is 0 Å². The molecule has 0 aliphatic rings. The quantitative estimate of drug-likeness (QED) is 0.416. The summed E-state index contributed by atoms with van der Waals surface area (Å²) in [6.45, 7) is 5.74. The SMILES string of the molecule is Cc1ccc(-c2csc3ncnc(Nc4cccc(C(=O)OC(C)C)c4)c23)cc1. The lowest BCUT2D eigenvalue weighted by molar-refractivity contribution is 0.0378. The first kappa shape index (κ1) is 19.1. The van der Waals surface area contributed by atoms with Crippen LogP contribution in [0, 0.1) is 6.92 Å². The van der Waals surface area contributed by atoms with Crippen molar-refractivity contribution >= 4 is 39.0 Å². The predicted molar refractivity (Wildman–Crippen MR) is 118 cm³/mol. The number of fused-ring (bicyclic) bond motifs is 1. The fourth-order valence-electron chi connectivity index (χ4n) is 3.06. The minimum atomic E-state index is -0.340. The van der Waals surface area contributed by atoms with Crippen LogP contribution in [0.15, 0.2) is 60.2 Å². The summed E-state index contributed by atoms with van der Waals surface area (Å²) in [5, 5.41) is 6.42. The Hall–Kier alpha value is -3.25. The molecule has 6 heteroatoms. The van der Waals surface area contributed by atoms with Crippen molar-refractivity contribution < 1.29 is 9.53 Å². The second-order valence-electron chi connectivity index (χ2n) is 7.08. The van der Waals surface area contributed by atoms with Crippen LogP contribution in [0.5, 0.6) is 0 Å². The van der Waals surface area contributed by atoms with Gasteiger partial charge in [-0.25, -0.2) is 14.8 Å². The lowest BCUT2D eigenvalue weighted by atomic mass is 10.0. The summed E-state index contributed by atoms with van der Waals surface area (Å²) >= 11 is 1.59. The van der Waals surface area contributed by atoms with E-state index in [1.54, 1.807) is 29.8 Å². The van der Waals surface area contributed by atoms with Crippen LogP contribution >= 0.6 is 11.3 Å². The Bertz CT molecular complexity index is 1170. The van der Waals surface area contributed by atoms with Crippen LogP contribution in [-0.4, -0.2) is 22.0 Å².